The Bertz CT molecular complexity index is 1580. The molecule has 0 amide bonds. The first kappa shape index (κ1) is 26.7. The average molecular weight is 552 g/mol. The minimum absolute atomic E-state index is 0.00605. The minimum Gasteiger partial charge on any atom is -0.390 e. The molecule has 0 radical (unpaired) electrons. The smallest absolute Gasteiger partial charge is 0.289 e. The number of anilines is 1. The van der Waals surface area contributed by atoms with Crippen molar-refractivity contribution in [2.75, 3.05) is 31.5 Å². The van der Waals surface area contributed by atoms with Crippen LogP contribution in [-0.4, -0.2) is 74.5 Å². The zero-order valence-electron chi connectivity index (χ0n) is 21.3. The molecule has 12 nitrogen and oxygen atoms in total. The van der Waals surface area contributed by atoms with Gasteiger partial charge in [0.25, 0.3) is 5.69 Å². The molecule has 5 rings (SSSR count). The van der Waals surface area contributed by atoms with E-state index in [0.29, 0.717) is 18.9 Å². The topological polar surface area (TPSA) is 146 Å². The van der Waals surface area contributed by atoms with Crippen molar-refractivity contribution in [3.63, 3.8) is 0 Å². The molecule has 1 aliphatic rings. The fraction of sp³-hybridized carbons (Fsp3) is 0.308. The van der Waals surface area contributed by atoms with Crippen molar-refractivity contribution in [1.82, 2.24) is 23.8 Å². The molecule has 0 aliphatic carbocycles. The van der Waals surface area contributed by atoms with Gasteiger partial charge in [-0.1, -0.05) is 42.5 Å². The van der Waals surface area contributed by atoms with Gasteiger partial charge >= 0.3 is 0 Å². The first-order chi connectivity index (χ1) is 18.7. The van der Waals surface area contributed by atoms with Gasteiger partial charge in [-0.2, -0.15) is 9.40 Å². The van der Waals surface area contributed by atoms with Crippen LogP contribution >= 0.6 is 0 Å². The highest BCUT2D eigenvalue weighted by atomic mass is 32.2. The summed E-state index contributed by atoms with van der Waals surface area (Å²) >= 11 is 0. The number of aromatic nitrogens is 3. The van der Waals surface area contributed by atoms with Crippen LogP contribution in [0.3, 0.4) is 0 Å². The van der Waals surface area contributed by atoms with Gasteiger partial charge in [-0.05, 0) is 30.2 Å². The summed E-state index contributed by atoms with van der Waals surface area (Å²) in [5, 5.41) is 30.0. The molecule has 39 heavy (non-hydrogen) atoms. The number of nitro benzene ring substituents is 1. The molecular formula is C26H29N7O5S. The Morgan fingerprint density at radius 3 is 2.62 bits per heavy atom. The van der Waals surface area contributed by atoms with Crippen molar-refractivity contribution in [3.05, 3.63) is 94.4 Å². The number of β-amino-alcohol motifs (C(OH)–C–C–N with tert-alkyl or cyclic N) is 1. The van der Waals surface area contributed by atoms with Gasteiger partial charge in [-0.25, -0.2) is 17.9 Å². The van der Waals surface area contributed by atoms with Crippen molar-refractivity contribution in [3.8, 4) is 0 Å². The summed E-state index contributed by atoms with van der Waals surface area (Å²) in [7, 11) is -4.19. The van der Waals surface area contributed by atoms with E-state index < -0.39 is 26.7 Å². The SMILES string of the molecule is C[C@@H](Nc1ncnn2ccc(CN3CCN(S(=O)(=O)c4ccccc4[N+](=O)[O-])C[C@@H](O)C3)c12)c1ccccc1. The molecule has 0 unspecified atom stereocenters. The van der Waals surface area contributed by atoms with Crippen LogP contribution in [0.4, 0.5) is 11.5 Å². The van der Waals surface area contributed by atoms with Gasteiger partial charge in [0.15, 0.2) is 10.7 Å². The molecule has 0 bridgehead atoms. The number of aliphatic hydroxyl groups excluding tert-OH is 1. The third-order valence-corrected chi connectivity index (χ3v) is 8.73. The lowest BCUT2D eigenvalue weighted by Crippen LogP contribution is -2.37. The zero-order valence-corrected chi connectivity index (χ0v) is 22.1. The summed E-state index contributed by atoms with van der Waals surface area (Å²) in [6, 6.07) is 17.2. The van der Waals surface area contributed by atoms with E-state index in [2.05, 4.69) is 15.4 Å². The fourth-order valence-corrected chi connectivity index (χ4v) is 6.50. The molecule has 4 aromatic rings. The zero-order chi connectivity index (χ0) is 27.6. The van der Waals surface area contributed by atoms with Crippen LogP contribution in [0, 0.1) is 10.1 Å². The number of nitrogens with zero attached hydrogens (tertiary/aromatic N) is 6. The highest BCUT2D eigenvalue weighted by Crippen LogP contribution is 2.28. The Hall–Kier alpha value is -3.91. The second kappa shape index (κ2) is 11.1. The van der Waals surface area contributed by atoms with Crippen molar-refractivity contribution >= 4 is 27.0 Å². The van der Waals surface area contributed by atoms with E-state index in [1.54, 1.807) is 4.52 Å². The van der Waals surface area contributed by atoms with E-state index in [-0.39, 0.29) is 30.6 Å². The molecule has 204 valence electrons. The molecule has 2 aromatic carbocycles. The number of fused-ring (bicyclic) bond motifs is 1. The number of hydrogen-bond acceptors (Lipinski definition) is 9. The quantitative estimate of drug-likeness (QED) is 0.249. The first-order valence-electron chi connectivity index (χ1n) is 12.5. The lowest BCUT2D eigenvalue weighted by atomic mass is 10.1. The van der Waals surface area contributed by atoms with Gasteiger partial charge in [0.2, 0.25) is 10.0 Å². The highest BCUT2D eigenvalue weighted by Gasteiger charge is 2.35. The lowest BCUT2D eigenvalue weighted by Gasteiger charge is -2.22. The van der Waals surface area contributed by atoms with Crippen LogP contribution < -0.4 is 5.32 Å². The standard InChI is InChI=1S/C26H29N7O5S/c1-19(20-7-3-2-4-8-20)29-26-25-21(11-12-32(25)28-18-27-26)15-30-13-14-31(17-22(34)16-30)39(37,38)24-10-6-5-9-23(24)33(35)36/h2-12,18-19,22,34H,13-17H2,1H3,(H,27,28,29)/t19-,22+/m1/s1. The summed E-state index contributed by atoms with van der Waals surface area (Å²) in [5.74, 6) is 0.664. The van der Waals surface area contributed by atoms with E-state index in [1.807, 2.05) is 54.4 Å². The average Bonchev–Trinajstić information content (AvgIpc) is 3.24. The number of nitro groups is 1. The molecule has 1 saturated heterocycles. The molecule has 0 spiro atoms. The fourth-order valence-electron chi connectivity index (χ4n) is 4.88. The maximum Gasteiger partial charge on any atom is 0.289 e. The molecule has 13 heteroatoms. The van der Waals surface area contributed by atoms with Crippen molar-refractivity contribution in [2.24, 2.45) is 0 Å². The van der Waals surface area contributed by atoms with Crippen molar-refractivity contribution in [1.29, 1.82) is 0 Å². The summed E-state index contributed by atoms with van der Waals surface area (Å²) in [5.41, 5.74) is 2.33. The predicted molar refractivity (Wildman–Crippen MR) is 145 cm³/mol. The van der Waals surface area contributed by atoms with Gasteiger partial charge in [0.1, 0.15) is 11.8 Å². The largest absolute Gasteiger partial charge is 0.390 e. The Kier molecular flexibility index (Phi) is 7.57. The predicted octanol–water partition coefficient (Wildman–Crippen LogP) is 2.68. The van der Waals surface area contributed by atoms with Gasteiger partial charge in [-0.15, -0.1) is 0 Å². The molecule has 3 heterocycles. The molecule has 1 aliphatic heterocycles. The van der Waals surface area contributed by atoms with E-state index in [4.69, 9.17) is 0 Å². The summed E-state index contributed by atoms with van der Waals surface area (Å²) in [4.78, 5) is 16.8. The Balaban J connectivity index is 1.36. The van der Waals surface area contributed by atoms with Crippen LogP contribution in [0.1, 0.15) is 24.1 Å². The van der Waals surface area contributed by atoms with E-state index in [1.165, 1.54) is 24.5 Å². The van der Waals surface area contributed by atoms with Crippen molar-refractivity contribution in [2.45, 2.75) is 30.5 Å². The monoisotopic (exact) mass is 551 g/mol. The highest BCUT2D eigenvalue weighted by molar-refractivity contribution is 7.89. The third kappa shape index (κ3) is 5.61. The minimum atomic E-state index is -4.19. The van der Waals surface area contributed by atoms with E-state index >= 15 is 0 Å². The van der Waals surface area contributed by atoms with Gasteiger partial charge < -0.3 is 10.4 Å². The maximum atomic E-state index is 13.3. The van der Waals surface area contributed by atoms with Gasteiger partial charge in [-0.3, -0.25) is 15.0 Å². The number of rotatable bonds is 8. The number of aliphatic hydroxyl groups is 1. The van der Waals surface area contributed by atoms with Crippen molar-refractivity contribution < 1.29 is 18.4 Å². The molecule has 2 N–H and O–H groups in total. The lowest BCUT2D eigenvalue weighted by molar-refractivity contribution is -0.387. The Labute approximate surface area is 225 Å². The molecule has 2 atom stereocenters. The molecular weight excluding hydrogens is 522 g/mol. The first-order valence-corrected chi connectivity index (χ1v) is 13.9. The number of para-hydroxylation sites is 1. The van der Waals surface area contributed by atoms with Gasteiger partial charge in [0, 0.05) is 45.0 Å². The maximum absolute atomic E-state index is 13.3. The summed E-state index contributed by atoms with van der Waals surface area (Å²) < 4.78 is 29.5. The number of hydrogen-bond donors (Lipinski definition) is 2. The van der Waals surface area contributed by atoms with Crippen LogP contribution in [0.25, 0.3) is 5.52 Å². The number of nitrogens with one attached hydrogen (secondary N) is 1. The number of sulfonamides is 1. The summed E-state index contributed by atoms with van der Waals surface area (Å²) in [6.07, 6.45) is 2.34. The molecule has 1 fully saturated rings. The van der Waals surface area contributed by atoms with Crippen LogP contribution in [0.15, 0.2) is 78.1 Å². The van der Waals surface area contributed by atoms with Crippen LogP contribution in [0.2, 0.25) is 0 Å². The van der Waals surface area contributed by atoms with E-state index in [9.17, 15) is 23.6 Å². The van der Waals surface area contributed by atoms with E-state index in [0.717, 1.165) is 27.0 Å². The molecule has 0 saturated carbocycles. The number of benzene rings is 2. The Morgan fingerprint density at radius 1 is 1.10 bits per heavy atom. The van der Waals surface area contributed by atoms with Crippen LogP contribution in [-0.2, 0) is 16.6 Å². The Morgan fingerprint density at radius 2 is 1.85 bits per heavy atom. The van der Waals surface area contributed by atoms with Gasteiger partial charge in [0.05, 0.1) is 17.1 Å². The second-order valence-electron chi connectivity index (χ2n) is 9.50. The van der Waals surface area contributed by atoms with Crippen LogP contribution in [0.5, 0.6) is 0 Å². The summed E-state index contributed by atoms with van der Waals surface area (Å²) in [6.45, 7) is 2.94. The third-order valence-electron chi connectivity index (χ3n) is 6.81. The second-order valence-corrected chi connectivity index (χ2v) is 11.4. The molecule has 2 aromatic heterocycles. The normalized spacial score (nSPS) is 18.1.